The summed E-state index contributed by atoms with van der Waals surface area (Å²) >= 11 is 0. The van der Waals surface area contributed by atoms with Crippen LogP contribution in [0.5, 0.6) is 0 Å². The number of halogens is 1. The van der Waals surface area contributed by atoms with E-state index in [2.05, 4.69) is 17.0 Å². The Labute approximate surface area is 142 Å². The Bertz CT molecular complexity index is 636. The summed E-state index contributed by atoms with van der Waals surface area (Å²) in [6.45, 7) is 3.34. The number of nitrogens with zero attached hydrogens (tertiary/aromatic N) is 1. The molecule has 128 valence electrons. The molecule has 0 radical (unpaired) electrons. The maximum atomic E-state index is 13.6. The lowest BCUT2D eigenvalue weighted by Crippen LogP contribution is -2.36. The minimum atomic E-state index is -0.193. The Morgan fingerprint density at radius 1 is 1.00 bits per heavy atom. The van der Waals surface area contributed by atoms with Crippen molar-refractivity contribution in [1.82, 2.24) is 4.90 Å². The summed E-state index contributed by atoms with van der Waals surface area (Å²) in [7, 11) is 0. The first-order valence-electron chi connectivity index (χ1n) is 8.50. The molecule has 2 aromatic rings. The third kappa shape index (κ3) is 4.63. The van der Waals surface area contributed by atoms with Crippen molar-refractivity contribution in [1.29, 1.82) is 0 Å². The van der Waals surface area contributed by atoms with E-state index in [1.165, 1.54) is 11.6 Å². The minimum absolute atomic E-state index is 0.0883. The summed E-state index contributed by atoms with van der Waals surface area (Å²) in [5.74, 6) is -0.193. The van der Waals surface area contributed by atoms with Crippen LogP contribution in [0.2, 0.25) is 0 Å². The van der Waals surface area contributed by atoms with E-state index in [9.17, 15) is 4.39 Å². The summed E-state index contributed by atoms with van der Waals surface area (Å²) < 4.78 is 19.5. The van der Waals surface area contributed by atoms with Gasteiger partial charge in [0.1, 0.15) is 5.82 Å². The first kappa shape index (κ1) is 17.1. The molecule has 1 aliphatic rings. The minimum Gasteiger partial charge on any atom is -0.392 e. The molecule has 4 heteroatoms. The topological polar surface area (TPSA) is 32.7 Å². The lowest BCUT2D eigenvalue weighted by molar-refractivity contribution is -0.00494. The van der Waals surface area contributed by atoms with Crippen LogP contribution in [0.4, 0.5) is 4.39 Å². The van der Waals surface area contributed by atoms with Crippen LogP contribution < -0.4 is 0 Å². The van der Waals surface area contributed by atoms with Gasteiger partial charge in [-0.1, -0.05) is 42.5 Å². The van der Waals surface area contributed by atoms with Crippen molar-refractivity contribution in [3.05, 3.63) is 71.0 Å². The smallest absolute Gasteiger partial charge is 0.128 e. The number of likely N-dealkylation sites (tertiary alicyclic amines) is 1. The molecule has 0 aliphatic carbocycles. The summed E-state index contributed by atoms with van der Waals surface area (Å²) in [4.78, 5) is 2.41. The van der Waals surface area contributed by atoms with Crippen molar-refractivity contribution in [3.8, 4) is 0 Å². The second-order valence-corrected chi connectivity index (χ2v) is 6.35. The number of ether oxygens (including phenoxy) is 1. The lowest BCUT2D eigenvalue weighted by atomic mass is 10.1. The third-order valence-corrected chi connectivity index (χ3v) is 4.58. The highest BCUT2D eigenvalue weighted by atomic mass is 19.1. The maximum absolute atomic E-state index is 13.6. The number of piperidine rings is 1. The zero-order valence-corrected chi connectivity index (χ0v) is 13.8. The van der Waals surface area contributed by atoms with Crippen LogP contribution in [0.3, 0.4) is 0 Å². The Balaban J connectivity index is 1.43. The molecule has 1 heterocycles. The molecular weight excluding hydrogens is 305 g/mol. The largest absolute Gasteiger partial charge is 0.392 e. The van der Waals surface area contributed by atoms with E-state index in [1.54, 1.807) is 12.1 Å². The zero-order chi connectivity index (χ0) is 16.8. The molecule has 3 nitrogen and oxygen atoms in total. The van der Waals surface area contributed by atoms with Crippen LogP contribution in [-0.4, -0.2) is 29.2 Å². The van der Waals surface area contributed by atoms with Crippen LogP contribution in [0.1, 0.15) is 29.5 Å². The molecule has 0 atom stereocenters. The van der Waals surface area contributed by atoms with Crippen molar-refractivity contribution in [2.45, 2.75) is 38.7 Å². The van der Waals surface area contributed by atoms with E-state index in [-0.39, 0.29) is 18.5 Å². The van der Waals surface area contributed by atoms with Crippen molar-refractivity contribution < 1.29 is 14.2 Å². The van der Waals surface area contributed by atoms with Crippen molar-refractivity contribution in [2.24, 2.45) is 0 Å². The second kappa shape index (κ2) is 8.38. The number of benzene rings is 2. The van der Waals surface area contributed by atoms with Crippen molar-refractivity contribution in [3.63, 3.8) is 0 Å². The van der Waals surface area contributed by atoms with Gasteiger partial charge in [0.25, 0.3) is 0 Å². The number of rotatable bonds is 6. The van der Waals surface area contributed by atoms with Crippen LogP contribution >= 0.6 is 0 Å². The predicted octanol–water partition coefficient (Wildman–Crippen LogP) is 3.50. The fraction of sp³-hybridized carbons (Fsp3) is 0.400. The Hall–Kier alpha value is -1.75. The normalized spacial score (nSPS) is 16.4. The first-order valence-corrected chi connectivity index (χ1v) is 8.50. The number of aliphatic hydroxyl groups is 1. The van der Waals surface area contributed by atoms with Gasteiger partial charge in [0.05, 0.1) is 19.3 Å². The van der Waals surface area contributed by atoms with Gasteiger partial charge in [-0.15, -0.1) is 0 Å². The fourth-order valence-corrected chi connectivity index (χ4v) is 3.07. The van der Waals surface area contributed by atoms with Gasteiger partial charge in [0.15, 0.2) is 0 Å². The van der Waals surface area contributed by atoms with Crippen LogP contribution in [0.25, 0.3) is 0 Å². The molecular formula is C20H24FNO2. The summed E-state index contributed by atoms with van der Waals surface area (Å²) in [6, 6.07) is 14.9. The molecule has 24 heavy (non-hydrogen) atoms. The van der Waals surface area contributed by atoms with Gasteiger partial charge in [-0.05, 0) is 30.0 Å². The first-order chi connectivity index (χ1) is 11.7. The highest BCUT2D eigenvalue weighted by molar-refractivity contribution is 5.22. The molecule has 1 aliphatic heterocycles. The van der Waals surface area contributed by atoms with E-state index in [1.807, 2.05) is 18.2 Å². The highest BCUT2D eigenvalue weighted by Gasteiger charge is 2.20. The van der Waals surface area contributed by atoms with Gasteiger partial charge in [-0.25, -0.2) is 4.39 Å². The summed E-state index contributed by atoms with van der Waals surface area (Å²) in [6.07, 6.45) is 2.16. The lowest BCUT2D eigenvalue weighted by Gasteiger charge is -2.32. The standard InChI is InChI=1S/C20H24FNO2/c21-20-4-2-1-3-18(20)15-24-19-9-11-22(12-10-19)13-16-5-7-17(14-23)8-6-16/h1-8,19,23H,9-15H2. The quantitative estimate of drug-likeness (QED) is 0.880. The molecule has 0 amide bonds. The monoisotopic (exact) mass is 329 g/mol. The van der Waals surface area contributed by atoms with E-state index in [4.69, 9.17) is 9.84 Å². The van der Waals surface area contributed by atoms with Gasteiger partial charge in [0, 0.05) is 25.2 Å². The Kier molecular flexibility index (Phi) is 5.96. The number of hydrogen-bond donors (Lipinski definition) is 1. The predicted molar refractivity (Wildman–Crippen MR) is 91.9 cm³/mol. The zero-order valence-electron chi connectivity index (χ0n) is 13.8. The summed E-state index contributed by atoms with van der Waals surface area (Å²) in [5.41, 5.74) is 2.83. The third-order valence-electron chi connectivity index (χ3n) is 4.58. The van der Waals surface area contributed by atoms with E-state index >= 15 is 0 Å². The van der Waals surface area contributed by atoms with E-state index in [0.717, 1.165) is 38.0 Å². The van der Waals surface area contributed by atoms with Gasteiger partial charge in [-0.2, -0.15) is 0 Å². The van der Waals surface area contributed by atoms with Gasteiger partial charge >= 0.3 is 0 Å². The van der Waals surface area contributed by atoms with Gasteiger partial charge in [-0.3, -0.25) is 4.90 Å². The average Bonchev–Trinajstić information content (AvgIpc) is 2.63. The molecule has 0 bridgehead atoms. The van der Waals surface area contributed by atoms with Crippen LogP contribution in [0.15, 0.2) is 48.5 Å². The average molecular weight is 329 g/mol. The molecule has 0 saturated carbocycles. The van der Waals surface area contributed by atoms with Crippen molar-refractivity contribution in [2.75, 3.05) is 13.1 Å². The molecule has 0 spiro atoms. The fourth-order valence-electron chi connectivity index (χ4n) is 3.07. The molecule has 2 aromatic carbocycles. The van der Waals surface area contributed by atoms with E-state index < -0.39 is 0 Å². The Morgan fingerprint density at radius 3 is 2.33 bits per heavy atom. The molecule has 0 unspecified atom stereocenters. The summed E-state index contributed by atoms with van der Waals surface area (Å²) in [5, 5.41) is 9.08. The molecule has 1 saturated heterocycles. The number of aliphatic hydroxyl groups excluding tert-OH is 1. The van der Waals surface area contributed by atoms with Crippen LogP contribution in [-0.2, 0) is 24.5 Å². The highest BCUT2D eigenvalue weighted by Crippen LogP contribution is 2.18. The molecule has 0 aromatic heterocycles. The molecule has 1 fully saturated rings. The van der Waals surface area contributed by atoms with Crippen LogP contribution in [0, 0.1) is 5.82 Å². The molecule has 1 N–H and O–H groups in total. The van der Waals surface area contributed by atoms with Gasteiger partial charge < -0.3 is 9.84 Å². The maximum Gasteiger partial charge on any atom is 0.128 e. The Morgan fingerprint density at radius 2 is 1.67 bits per heavy atom. The van der Waals surface area contributed by atoms with Crippen molar-refractivity contribution >= 4 is 0 Å². The second-order valence-electron chi connectivity index (χ2n) is 6.35. The van der Waals surface area contributed by atoms with E-state index in [0.29, 0.717) is 12.2 Å². The van der Waals surface area contributed by atoms with Gasteiger partial charge in [0.2, 0.25) is 0 Å². The number of hydrogen-bond acceptors (Lipinski definition) is 3. The molecule has 3 rings (SSSR count). The SMILES string of the molecule is OCc1ccc(CN2CCC(OCc3ccccc3F)CC2)cc1.